The summed E-state index contributed by atoms with van der Waals surface area (Å²) in [6.45, 7) is 2.87. The molecule has 6 nitrogen and oxygen atoms in total. The highest BCUT2D eigenvalue weighted by molar-refractivity contribution is 6.46. The quantitative estimate of drug-likeness (QED) is 0.200. The number of benzene rings is 2. The molecule has 1 N–H and O–H groups in total. The van der Waals surface area contributed by atoms with Crippen LogP contribution in [0.3, 0.4) is 0 Å². The van der Waals surface area contributed by atoms with E-state index < -0.39 is 17.7 Å². The van der Waals surface area contributed by atoms with Crippen molar-refractivity contribution in [3.63, 3.8) is 0 Å². The van der Waals surface area contributed by atoms with Crippen LogP contribution < -0.4 is 4.74 Å². The molecule has 1 aliphatic rings. The Morgan fingerprint density at radius 1 is 1.09 bits per heavy atom. The van der Waals surface area contributed by atoms with Crippen LogP contribution in [0.2, 0.25) is 5.02 Å². The second-order valence-electron chi connectivity index (χ2n) is 8.07. The number of rotatable bonds is 8. The summed E-state index contributed by atoms with van der Waals surface area (Å²) in [7, 11) is 0. The average molecular weight is 477 g/mol. The van der Waals surface area contributed by atoms with Crippen molar-refractivity contribution < 1.29 is 19.4 Å². The first-order valence-electron chi connectivity index (χ1n) is 11.2. The Kier molecular flexibility index (Phi) is 7.28. The van der Waals surface area contributed by atoms with Crippen LogP contribution in [0.15, 0.2) is 78.6 Å². The van der Waals surface area contributed by atoms with Gasteiger partial charge in [0.1, 0.15) is 11.5 Å². The monoisotopic (exact) mass is 476 g/mol. The van der Waals surface area contributed by atoms with Crippen LogP contribution >= 0.6 is 11.6 Å². The standard InChI is InChI=1S/C27H25ClN2O4/c1-2-3-15-34-22-12-8-20(9-13-22)25(31)23-24(19-6-10-21(28)11-7-19)30(27(33)26(23)32)17-18-5-4-14-29-16-18/h4-14,16,24,31H,2-3,15,17H2,1H3/b25-23+/t24-/m0/s1. The summed E-state index contributed by atoms with van der Waals surface area (Å²) in [4.78, 5) is 31.8. The molecule has 0 aliphatic carbocycles. The molecule has 7 heteroatoms. The second kappa shape index (κ2) is 10.5. The Hall–Kier alpha value is -3.64. The molecule has 4 rings (SSSR count). The van der Waals surface area contributed by atoms with Gasteiger partial charge in [0.25, 0.3) is 11.7 Å². The summed E-state index contributed by atoms with van der Waals surface area (Å²) >= 11 is 6.07. The number of carbonyl (C=O) groups excluding carboxylic acids is 2. The van der Waals surface area contributed by atoms with Crippen molar-refractivity contribution >= 4 is 29.1 Å². The molecule has 3 aromatic rings. The number of aliphatic hydroxyl groups is 1. The Morgan fingerprint density at radius 2 is 1.82 bits per heavy atom. The predicted molar refractivity (Wildman–Crippen MR) is 130 cm³/mol. The molecule has 1 amide bonds. The van der Waals surface area contributed by atoms with Crippen LogP contribution in [-0.4, -0.2) is 33.3 Å². The molecule has 0 unspecified atom stereocenters. The van der Waals surface area contributed by atoms with Gasteiger partial charge in [-0.05, 0) is 60.0 Å². The van der Waals surface area contributed by atoms with Crippen LogP contribution in [0.5, 0.6) is 5.75 Å². The van der Waals surface area contributed by atoms with Gasteiger partial charge in [0.05, 0.1) is 18.2 Å². The molecule has 1 saturated heterocycles. The smallest absolute Gasteiger partial charge is 0.295 e. The molecule has 34 heavy (non-hydrogen) atoms. The lowest BCUT2D eigenvalue weighted by molar-refractivity contribution is -0.140. The fraction of sp³-hybridized carbons (Fsp3) is 0.222. The molecule has 1 atom stereocenters. The summed E-state index contributed by atoms with van der Waals surface area (Å²) in [6.07, 6.45) is 5.27. The molecule has 1 aliphatic heterocycles. The summed E-state index contributed by atoms with van der Waals surface area (Å²) in [6, 6.07) is 16.6. The molecular weight excluding hydrogens is 452 g/mol. The van der Waals surface area contributed by atoms with E-state index in [9.17, 15) is 14.7 Å². The van der Waals surface area contributed by atoms with E-state index in [1.165, 1.54) is 4.90 Å². The number of nitrogens with zero attached hydrogens (tertiary/aromatic N) is 2. The maximum absolute atomic E-state index is 13.1. The summed E-state index contributed by atoms with van der Waals surface area (Å²) in [5.41, 5.74) is 1.92. The summed E-state index contributed by atoms with van der Waals surface area (Å²) < 4.78 is 5.68. The Balaban J connectivity index is 1.74. The lowest BCUT2D eigenvalue weighted by Gasteiger charge is -2.25. The number of unbranched alkanes of at least 4 members (excludes halogenated alkanes) is 1. The van der Waals surface area contributed by atoms with Crippen LogP contribution in [0.4, 0.5) is 0 Å². The van der Waals surface area contributed by atoms with Gasteiger partial charge in [-0.3, -0.25) is 14.6 Å². The number of Topliss-reactive ketones (excluding diaryl/α,β-unsaturated/α-hetero) is 1. The molecular formula is C27H25ClN2O4. The Labute approximate surface area is 203 Å². The Bertz CT molecular complexity index is 1190. The molecule has 2 aromatic carbocycles. The van der Waals surface area contributed by atoms with Crippen molar-refractivity contribution in [2.24, 2.45) is 0 Å². The van der Waals surface area contributed by atoms with Gasteiger partial charge in [0.2, 0.25) is 0 Å². The number of ketones is 1. The van der Waals surface area contributed by atoms with E-state index in [4.69, 9.17) is 16.3 Å². The third-order valence-corrected chi connectivity index (χ3v) is 5.95. The minimum Gasteiger partial charge on any atom is -0.507 e. The first-order valence-corrected chi connectivity index (χ1v) is 11.5. The fourth-order valence-electron chi connectivity index (χ4n) is 3.92. The van der Waals surface area contributed by atoms with E-state index in [0.717, 1.165) is 18.4 Å². The van der Waals surface area contributed by atoms with E-state index >= 15 is 0 Å². The molecule has 0 bridgehead atoms. The summed E-state index contributed by atoms with van der Waals surface area (Å²) in [5, 5.41) is 11.7. The fourth-order valence-corrected chi connectivity index (χ4v) is 4.05. The predicted octanol–water partition coefficient (Wildman–Crippen LogP) is 5.54. The molecule has 174 valence electrons. The average Bonchev–Trinajstić information content (AvgIpc) is 3.10. The van der Waals surface area contributed by atoms with Gasteiger partial charge in [-0.15, -0.1) is 0 Å². The van der Waals surface area contributed by atoms with E-state index in [1.54, 1.807) is 67.0 Å². The third kappa shape index (κ3) is 4.97. The third-order valence-electron chi connectivity index (χ3n) is 5.70. The van der Waals surface area contributed by atoms with Gasteiger partial charge < -0.3 is 14.7 Å². The van der Waals surface area contributed by atoms with E-state index in [1.807, 2.05) is 6.07 Å². The lowest BCUT2D eigenvalue weighted by atomic mass is 9.95. The van der Waals surface area contributed by atoms with Crippen molar-refractivity contribution in [2.45, 2.75) is 32.4 Å². The molecule has 1 fully saturated rings. The number of hydrogen-bond acceptors (Lipinski definition) is 5. The SMILES string of the molecule is CCCCOc1ccc(/C(O)=C2\C(=O)C(=O)N(Cc3cccnc3)[C@H]2c2ccc(Cl)cc2)cc1. The number of aromatic nitrogens is 1. The molecule has 0 radical (unpaired) electrons. The molecule has 0 spiro atoms. The summed E-state index contributed by atoms with van der Waals surface area (Å²) in [5.74, 6) is -0.960. The molecule has 1 aromatic heterocycles. The highest BCUT2D eigenvalue weighted by Gasteiger charge is 2.46. The topological polar surface area (TPSA) is 79.7 Å². The number of carbonyl (C=O) groups is 2. The van der Waals surface area contributed by atoms with Gasteiger partial charge >= 0.3 is 0 Å². The number of ether oxygens (including phenoxy) is 1. The number of likely N-dealkylation sites (tertiary alicyclic amines) is 1. The van der Waals surface area contributed by atoms with Crippen molar-refractivity contribution in [1.82, 2.24) is 9.88 Å². The van der Waals surface area contributed by atoms with Gasteiger partial charge in [-0.1, -0.05) is 43.1 Å². The number of hydrogen-bond donors (Lipinski definition) is 1. The number of amides is 1. The highest BCUT2D eigenvalue weighted by atomic mass is 35.5. The van der Waals surface area contributed by atoms with Crippen molar-refractivity contribution in [3.8, 4) is 5.75 Å². The van der Waals surface area contributed by atoms with Gasteiger partial charge in [0, 0.05) is 29.5 Å². The number of halogens is 1. The van der Waals surface area contributed by atoms with Crippen molar-refractivity contribution in [1.29, 1.82) is 0 Å². The van der Waals surface area contributed by atoms with Crippen molar-refractivity contribution in [2.75, 3.05) is 6.61 Å². The van der Waals surface area contributed by atoms with Crippen LogP contribution in [0.1, 0.15) is 42.5 Å². The second-order valence-corrected chi connectivity index (χ2v) is 8.50. The van der Waals surface area contributed by atoms with E-state index in [0.29, 0.717) is 28.5 Å². The van der Waals surface area contributed by atoms with Gasteiger partial charge in [-0.2, -0.15) is 0 Å². The minimum atomic E-state index is -0.766. The van der Waals surface area contributed by atoms with Crippen LogP contribution in [0.25, 0.3) is 5.76 Å². The number of aliphatic hydroxyl groups excluding tert-OH is 1. The molecule has 2 heterocycles. The van der Waals surface area contributed by atoms with Crippen molar-refractivity contribution in [3.05, 3.63) is 100 Å². The Morgan fingerprint density at radius 3 is 2.47 bits per heavy atom. The maximum Gasteiger partial charge on any atom is 0.295 e. The largest absolute Gasteiger partial charge is 0.507 e. The van der Waals surface area contributed by atoms with Gasteiger partial charge in [0.15, 0.2) is 0 Å². The highest BCUT2D eigenvalue weighted by Crippen LogP contribution is 2.40. The van der Waals surface area contributed by atoms with E-state index in [-0.39, 0.29) is 17.9 Å². The number of pyridine rings is 1. The normalized spacial score (nSPS) is 17.2. The lowest BCUT2D eigenvalue weighted by Crippen LogP contribution is -2.29. The zero-order valence-electron chi connectivity index (χ0n) is 18.8. The zero-order chi connectivity index (χ0) is 24.1. The van der Waals surface area contributed by atoms with Crippen LogP contribution in [0, 0.1) is 0 Å². The maximum atomic E-state index is 13.1. The van der Waals surface area contributed by atoms with Gasteiger partial charge in [-0.25, -0.2) is 0 Å². The first kappa shape index (κ1) is 23.5. The van der Waals surface area contributed by atoms with Crippen LogP contribution in [-0.2, 0) is 16.1 Å². The minimum absolute atomic E-state index is 0.0378. The first-order chi connectivity index (χ1) is 16.5. The van der Waals surface area contributed by atoms with E-state index in [2.05, 4.69) is 11.9 Å². The zero-order valence-corrected chi connectivity index (χ0v) is 19.5. The molecule has 0 saturated carbocycles.